The zero-order valence-corrected chi connectivity index (χ0v) is 17.6. The Labute approximate surface area is 183 Å². The van der Waals surface area contributed by atoms with E-state index in [0.29, 0.717) is 36.7 Å². The highest BCUT2D eigenvalue weighted by atomic mass is 16.5. The zero-order chi connectivity index (χ0) is 22.6. The number of benzene rings is 1. The molecular formula is C23H29N7O. The summed E-state index contributed by atoms with van der Waals surface area (Å²) in [7, 11) is 0. The lowest BCUT2D eigenvalue weighted by Crippen LogP contribution is -2.06. The summed E-state index contributed by atoms with van der Waals surface area (Å²) in [4.78, 5) is 16.9. The fraction of sp³-hybridized carbons (Fsp3) is 0.174. The van der Waals surface area contributed by atoms with Gasteiger partial charge in [0.2, 0.25) is 0 Å². The molecule has 3 rings (SSSR count). The summed E-state index contributed by atoms with van der Waals surface area (Å²) in [6.45, 7) is 9.78. The van der Waals surface area contributed by atoms with Crippen molar-refractivity contribution in [3.63, 3.8) is 0 Å². The lowest BCUT2D eigenvalue weighted by atomic mass is 10.0. The van der Waals surface area contributed by atoms with E-state index in [2.05, 4.69) is 33.1 Å². The molecule has 3 aromatic rings. The van der Waals surface area contributed by atoms with Crippen molar-refractivity contribution in [2.45, 2.75) is 13.3 Å². The van der Waals surface area contributed by atoms with Gasteiger partial charge in [-0.2, -0.15) is 0 Å². The highest BCUT2D eigenvalue weighted by Crippen LogP contribution is 2.29. The second-order valence-electron chi connectivity index (χ2n) is 6.45. The molecule has 2 heterocycles. The van der Waals surface area contributed by atoms with Gasteiger partial charge in [0.25, 0.3) is 0 Å². The van der Waals surface area contributed by atoms with Gasteiger partial charge in [0.1, 0.15) is 11.6 Å². The number of nitrogens with one attached hydrogen (secondary N) is 1. The Morgan fingerprint density at radius 1 is 1.26 bits per heavy atom. The third-order valence-electron chi connectivity index (χ3n) is 4.23. The fourth-order valence-corrected chi connectivity index (χ4v) is 2.52. The van der Waals surface area contributed by atoms with Gasteiger partial charge in [0.05, 0.1) is 17.8 Å². The minimum Gasteiger partial charge on any atom is -0.492 e. The van der Waals surface area contributed by atoms with E-state index in [9.17, 15) is 0 Å². The molecule has 8 nitrogen and oxygen atoms in total. The second-order valence-corrected chi connectivity index (χ2v) is 6.45. The lowest BCUT2D eigenvalue weighted by molar-refractivity contribution is 0.320. The summed E-state index contributed by atoms with van der Waals surface area (Å²) in [5.41, 5.74) is 14.6. The molecule has 8 heteroatoms. The summed E-state index contributed by atoms with van der Waals surface area (Å²) < 4.78 is 5.95. The molecule has 162 valence electrons. The number of ether oxygens (including phenoxy) is 1. The number of aryl methyl sites for hydroxylation is 1. The molecule has 0 unspecified atom stereocenters. The van der Waals surface area contributed by atoms with Crippen molar-refractivity contribution in [2.75, 3.05) is 13.2 Å². The van der Waals surface area contributed by atoms with Gasteiger partial charge in [-0.3, -0.25) is 9.97 Å². The van der Waals surface area contributed by atoms with Gasteiger partial charge in [-0.05, 0) is 18.6 Å². The zero-order valence-electron chi connectivity index (χ0n) is 17.6. The van der Waals surface area contributed by atoms with E-state index < -0.39 is 0 Å². The predicted octanol–water partition coefficient (Wildman–Crippen LogP) is 3.23. The minimum absolute atomic E-state index is 0. The first-order valence-electron chi connectivity index (χ1n) is 9.60. The first-order chi connectivity index (χ1) is 15.0. The van der Waals surface area contributed by atoms with E-state index in [4.69, 9.17) is 21.6 Å². The van der Waals surface area contributed by atoms with Gasteiger partial charge in [-0.15, -0.1) is 0 Å². The number of nitrogens with zero attached hydrogens (tertiary/aromatic N) is 4. The smallest absolute Gasteiger partial charge is 0.129 e. The number of rotatable bonds is 8. The average molecular weight is 420 g/mol. The molecule has 0 aliphatic rings. The number of aromatic nitrogens is 4. The number of allylic oxidation sites excluding steroid dienone is 1. The van der Waals surface area contributed by atoms with Crippen molar-refractivity contribution < 1.29 is 6.16 Å². The van der Waals surface area contributed by atoms with Crippen LogP contribution in [0.2, 0.25) is 0 Å². The van der Waals surface area contributed by atoms with Crippen LogP contribution in [0.1, 0.15) is 18.5 Å². The van der Waals surface area contributed by atoms with E-state index in [1.54, 1.807) is 30.9 Å². The Balaban J connectivity index is 0.000000648. The SMILES string of the molecule is C=CC(=C)CN.Cc1ncc2cc(/C(C=N)=C/N)c(OCCc3cnccn3)cc2n1.[HH]. The van der Waals surface area contributed by atoms with E-state index in [1.165, 1.54) is 12.4 Å². The average Bonchev–Trinajstić information content (AvgIpc) is 2.80. The number of hydrogen-bond acceptors (Lipinski definition) is 8. The predicted molar refractivity (Wildman–Crippen MR) is 127 cm³/mol. The normalized spacial score (nSPS) is 10.7. The Morgan fingerprint density at radius 3 is 2.65 bits per heavy atom. The number of nitrogens with two attached hydrogens (primary N) is 2. The van der Waals surface area contributed by atoms with Crippen LogP contribution >= 0.6 is 0 Å². The van der Waals surface area contributed by atoms with Crippen LogP contribution in [-0.2, 0) is 6.42 Å². The molecule has 2 aromatic heterocycles. The van der Waals surface area contributed by atoms with Gasteiger partial charge in [0, 0.05) is 74.2 Å². The first-order valence-corrected chi connectivity index (χ1v) is 9.60. The Hall–Kier alpha value is -3.91. The van der Waals surface area contributed by atoms with Crippen LogP contribution in [0.3, 0.4) is 0 Å². The number of fused-ring (bicyclic) bond motifs is 1. The minimum atomic E-state index is 0. The summed E-state index contributed by atoms with van der Waals surface area (Å²) in [6.07, 6.45) is 11.6. The van der Waals surface area contributed by atoms with Crippen LogP contribution in [0.5, 0.6) is 5.75 Å². The molecule has 1 aromatic carbocycles. The monoisotopic (exact) mass is 419 g/mol. The Kier molecular flexibility index (Phi) is 9.00. The standard InChI is InChI=1S/C18H18N6O.C5H9N.H2/c1-12-23-10-13-6-16(14(8-19)9-20)18(7-17(13)24-12)25-5-2-15-11-21-3-4-22-15;1-3-5(2)4-6;/h3-4,6-11,19H,2,5,20H2,1H3;3H,1-2,4,6H2;1H/b14-9+,19-8?;;. The molecule has 31 heavy (non-hydrogen) atoms. The molecule has 5 N–H and O–H groups in total. The fourth-order valence-electron chi connectivity index (χ4n) is 2.52. The van der Waals surface area contributed by atoms with E-state index >= 15 is 0 Å². The van der Waals surface area contributed by atoms with Gasteiger partial charge in [-0.25, -0.2) is 9.97 Å². The Bertz CT molecular complexity index is 1080. The van der Waals surface area contributed by atoms with Crippen LogP contribution in [0.25, 0.3) is 16.5 Å². The van der Waals surface area contributed by atoms with Crippen molar-refractivity contribution in [3.8, 4) is 5.75 Å². The van der Waals surface area contributed by atoms with Crippen LogP contribution in [0, 0.1) is 12.3 Å². The molecule has 0 aliphatic carbocycles. The van der Waals surface area contributed by atoms with E-state index in [1.807, 2.05) is 19.1 Å². The molecule has 0 saturated carbocycles. The highest BCUT2D eigenvalue weighted by Gasteiger charge is 2.11. The van der Waals surface area contributed by atoms with Gasteiger partial charge in [0.15, 0.2) is 0 Å². The molecule has 0 radical (unpaired) electrons. The number of hydrogen-bond donors (Lipinski definition) is 3. The molecule has 0 aliphatic heterocycles. The Morgan fingerprint density at radius 2 is 2.06 bits per heavy atom. The topological polar surface area (TPSA) is 137 Å². The van der Waals surface area contributed by atoms with E-state index in [0.717, 1.165) is 27.7 Å². The van der Waals surface area contributed by atoms with Crippen LogP contribution in [0.4, 0.5) is 0 Å². The third kappa shape index (κ3) is 6.83. The van der Waals surface area contributed by atoms with Crippen LogP contribution < -0.4 is 16.2 Å². The maximum Gasteiger partial charge on any atom is 0.129 e. The molecule has 0 saturated heterocycles. The summed E-state index contributed by atoms with van der Waals surface area (Å²) >= 11 is 0. The third-order valence-corrected chi connectivity index (χ3v) is 4.23. The van der Waals surface area contributed by atoms with Gasteiger partial charge in [-0.1, -0.05) is 19.2 Å². The van der Waals surface area contributed by atoms with Crippen LogP contribution in [0.15, 0.2) is 67.9 Å². The first kappa shape index (κ1) is 23.4. The van der Waals surface area contributed by atoms with Gasteiger partial charge < -0.3 is 21.6 Å². The maximum absolute atomic E-state index is 7.57. The largest absolute Gasteiger partial charge is 0.492 e. The molecule has 0 fully saturated rings. The summed E-state index contributed by atoms with van der Waals surface area (Å²) in [5, 5.41) is 8.43. The quantitative estimate of drug-likeness (QED) is 0.376. The maximum atomic E-state index is 7.57. The van der Waals surface area contributed by atoms with E-state index in [-0.39, 0.29) is 1.43 Å². The van der Waals surface area contributed by atoms with Crippen molar-refractivity contribution in [3.05, 3.63) is 85.0 Å². The molecule has 0 amide bonds. The van der Waals surface area contributed by atoms with Crippen molar-refractivity contribution in [2.24, 2.45) is 11.5 Å². The molecule has 0 spiro atoms. The summed E-state index contributed by atoms with van der Waals surface area (Å²) in [6, 6.07) is 3.74. The van der Waals surface area contributed by atoms with Crippen LogP contribution in [-0.4, -0.2) is 39.3 Å². The lowest BCUT2D eigenvalue weighted by Gasteiger charge is -2.13. The summed E-state index contributed by atoms with van der Waals surface area (Å²) in [5.74, 6) is 1.31. The van der Waals surface area contributed by atoms with Crippen molar-refractivity contribution in [1.29, 1.82) is 5.41 Å². The van der Waals surface area contributed by atoms with Crippen molar-refractivity contribution >= 4 is 22.7 Å². The molecule has 0 atom stereocenters. The second kappa shape index (κ2) is 11.9. The van der Waals surface area contributed by atoms with Gasteiger partial charge >= 0.3 is 0 Å². The highest BCUT2D eigenvalue weighted by molar-refractivity contribution is 6.10. The van der Waals surface area contributed by atoms with Crippen molar-refractivity contribution in [1.82, 2.24) is 19.9 Å². The molecular weight excluding hydrogens is 390 g/mol. The molecule has 0 bridgehead atoms.